The number of methoxy groups -OCH3 is 1. The Bertz CT molecular complexity index is 1570. The molecule has 3 heterocycles. The van der Waals surface area contributed by atoms with Crippen LogP contribution in [0.3, 0.4) is 0 Å². The summed E-state index contributed by atoms with van der Waals surface area (Å²) in [6.45, 7) is 5.88. The van der Waals surface area contributed by atoms with E-state index in [1.807, 2.05) is 39.0 Å². The Hall–Kier alpha value is -3.59. The van der Waals surface area contributed by atoms with E-state index in [1.165, 1.54) is 0 Å². The van der Waals surface area contributed by atoms with E-state index < -0.39 is 5.54 Å². The van der Waals surface area contributed by atoms with E-state index >= 15 is 0 Å². The Morgan fingerprint density at radius 3 is 2.46 bits per heavy atom. The largest absolute Gasteiger partial charge is 0.496 e. The Labute approximate surface area is 236 Å². The summed E-state index contributed by atoms with van der Waals surface area (Å²) in [5, 5.41) is 15.3. The molecule has 8 nitrogen and oxygen atoms in total. The van der Waals surface area contributed by atoms with Gasteiger partial charge in [0.15, 0.2) is 5.69 Å². The van der Waals surface area contributed by atoms with Gasteiger partial charge < -0.3 is 19.5 Å². The van der Waals surface area contributed by atoms with Crippen LogP contribution in [0.2, 0.25) is 10.0 Å². The van der Waals surface area contributed by atoms with Gasteiger partial charge in [0.2, 0.25) is 0 Å². The van der Waals surface area contributed by atoms with Crippen LogP contribution in [-0.2, 0) is 13.2 Å². The topological polar surface area (TPSA) is 89.7 Å². The highest BCUT2D eigenvalue weighted by atomic mass is 35.5. The van der Waals surface area contributed by atoms with Crippen molar-refractivity contribution in [3.05, 3.63) is 75.7 Å². The lowest BCUT2D eigenvalue weighted by Crippen LogP contribution is -2.43. The third-order valence-electron chi connectivity index (χ3n) is 6.81. The van der Waals surface area contributed by atoms with Crippen molar-refractivity contribution in [3.8, 4) is 39.6 Å². The van der Waals surface area contributed by atoms with Gasteiger partial charge in [-0.15, -0.1) is 0 Å². The van der Waals surface area contributed by atoms with Crippen molar-refractivity contribution in [2.24, 2.45) is 0 Å². The van der Waals surface area contributed by atoms with E-state index in [1.54, 1.807) is 54.3 Å². The molecule has 0 unspecified atom stereocenters. The summed E-state index contributed by atoms with van der Waals surface area (Å²) in [5.74, 6) is 0.924. The van der Waals surface area contributed by atoms with Crippen molar-refractivity contribution < 1.29 is 19.4 Å². The molecule has 0 saturated heterocycles. The van der Waals surface area contributed by atoms with Crippen LogP contribution in [0.25, 0.3) is 28.1 Å². The predicted octanol–water partition coefficient (Wildman–Crippen LogP) is 6.17. The van der Waals surface area contributed by atoms with E-state index in [4.69, 9.17) is 37.8 Å². The zero-order chi connectivity index (χ0) is 28.1. The number of pyridine rings is 1. The normalized spacial score (nSPS) is 12.4. The zero-order valence-electron chi connectivity index (χ0n) is 22.2. The first-order valence-corrected chi connectivity index (χ1v) is 13.0. The van der Waals surface area contributed by atoms with Crippen molar-refractivity contribution in [2.75, 3.05) is 14.2 Å². The van der Waals surface area contributed by atoms with Gasteiger partial charge in [-0.1, -0.05) is 23.2 Å². The molecule has 202 valence electrons. The van der Waals surface area contributed by atoms with E-state index in [0.29, 0.717) is 49.6 Å². The minimum Gasteiger partial charge on any atom is -0.496 e. The van der Waals surface area contributed by atoms with Crippen molar-refractivity contribution >= 4 is 29.1 Å². The van der Waals surface area contributed by atoms with Gasteiger partial charge in [0.25, 0.3) is 5.91 Å². The SMILES string of the molecule is COc1cc2c(cc1-c1cncc(CO)c1)-c1c(c(C(=O)N(C)C(C)(C)C)nn1-c1cc(Cl)cc(Cl)c1)CO2. The average molecular weight is 567 g/mol. The van der Waals surface area contributed by atoms with E-state index in [0.717, 1.165) is 11.1 Å². The average Bonchev–Trinajstić information content (AvgIpc) is 3.30. The Morgan fingerprint density at radius 2 is 1.82 bits per heavy atom. The minimum atomic E-state index is -0.425. The lowest BCUT2D eigenvalue weighted by Gasteiger charge is -2.31. The van der Waals surface area contributed by atoms with Gasteiger partial charge in [-0.25, -0.2) is 4.68 Å². The van der Waals surface area contributed by atoms with Gasteiger partial charge in [-0.05, 0) is 56.7 Å². The van der Waals surface area contributed by atoms with Gasteiger partial charge >= 0.3 is 0 Å². The molecular weight excluding hydrogens is 539 g/mol. The summed E-state index contributed by atoms with van der Waals surface area (Å²) in [5.41, 5.74) is 4.69. The van der Waals surface area contributed by atoms with Crippen LogP contribution in [0.4, 0.5) is 0 Å². The molecule has 10 heteroatoms. The van der Waals surface area contributed by atoms with Gasteiger partial charge in [0.1, 0.15) is 18.1 Å². The smallest absolute Gasteiger partial charge is 0.274 e. The molecule has 1 N–H and O–H groups in total. The van der Waals surface area contributed by atoms with Crippen molar-refractivity contribution in [3.63, 3.8) is 0 Å². The van der Waals surface area contributed by atoms with E-state index in [-0.39, 0.29) is 24.8 Å². The lowest BCUT2D eigenvalue weighted by atomic mass is 9.95. The third kappa shape index (κ3) is 4.95. The van der Waals surface area contributed by atoms with Crippen molar-refractivity contribution in [1.82, 2.24) is 19.7 Å². The quantitative estimate of drug-likeness (QED) is 0.310. The summed E-state index contributed by atoms with van der Waals surface area (Å²) in [4.78, 5) is 19.6. The van der Waals surface area contributed by atoms with Crippen molar-refractivity contribution in [1.29, 1.82) is 0 Å². The molecule has 0 aliphatic carbocycles. The maximum Gasteiger partial charge on any atom is 0.274 e. The maximum atomic E-state index is 13.7. The number of nitrogens with zero attached hydrogens (tertiary/aromatic N) is 4. The van der Waals surface area contributed by atoms with Crippen LogP contribution < -0.4 is 9.47 Å². The molecule has 1 aliphatic rings. The number of aliphatic hydroxyl groups excluding tert-OH is 1. The fourth-order valence-electron chi connectivity index (χ4n) is 4.48. The molecule has 0 spiro atoms. The lowest BCUT2D eigenvalue weighted by molar-refractivity contribution is 0.0646. The van der Waals surface area contributed by atoms with Crippen LogP contribution in [0.15, 0.2) is 48.8 Å². The molecule has 0 fully saturated rings. The van der Waals surface area contributed by atoms with Crippen LogP contribution in [0.5, 0.6) is 11.5 Å². The number of amides is 1. The van der Waals surface area contributed by atoms with Crippen LogP contribution >= 0.6 is 23.2 Å². The highest BCUT2D eigenvalue weighted by molar-refractivity contribution is 6.34. The number of aromatic nitrogens is 3. The Kier molecular flexibility index (Phi) is 7.05. The summed E-state index contributed by atoms with van der Waals surface area (Å²) in [6.07, 6.45) is 3.31. The predicted molar refractivity (Wildman–Crippen MR) is 151 cm³/mol. The number of benzene rings is 2. The Balaban J connectivity index is 1.79. The second kappa shape index (κ2) is 10.2. The molecule has 0 saturated carbocycles. The fraction of sp³-hybridized carbons (Fsp3) is 0.276. The van der Waals surface area contributed by atoms with Crippen molar-refractivity contribution in [2.45, 2.75) is 39.5 Å². The zero-order valence-corrected chi connectivity index (χ0v) is 23.8. The number of carbonyl (C=O) groups is 1. The third-order valence-corrected chi connectivity index (χ3v) is 7.24. The number of ether oxygens (including phenoxy) is 2. The maximum absolute atomic E-state index is 13.7. The first-order valence-electron chi connectivity index (χ1n) is 12.3. The molecule has 0 atom stereocenters. The number of rotatable bonds is 5. The molecule has 4 aromatic rings. The summed E-state index contributed by atoms with van der Waals surface area (Å²) < 4.78 is 13.6. The molecule has 39 heavy (non-hydrogen) atoms. The summed E-state index contributed by atoms with van der Waals surface area (Å²) in [6, 6.07) is 10.7. The molecular formula is C29H28Cl2N4O4. The first kappa shape index (κ1) is 27.0. The van der Waals surface area contributed by atoms with Gasteiger partial charge in [-0.3, -0.25) is 9.78 Å². The van der Waals surface area contributed by atoms with Crippen LogP contribution in [0.1, 0.15) is 42.4 Å². The van der Waals surface area contributed by atoms with E-state index in [9.17, 15) is 9.90 Å². The molecule has 2 aromatic heterocycles. The van der Waals surface area contributed by atoms with Crippen LogP contribution in [0, 0.1) is 0 Å². The number of fused-ring (bicyclic) bond motifs is 3. The molecule has 1 aliphatic heterocycles. The Morgan fingerprint density at radius 1 is 1.10 bits per heavy atom. The fourth-order valence-corrected chi connectivity index (χ4v) is 4.99. The molecule has 0 bridgehead atoms. The molecule has 5 rings (SSSR count). The number of hydrogen-bond donors (Lipinski definition) is 1. The van der Waals surface area contributed by atoms with Gasteiger partial charge in [-0.2, -0.15) is 5.10 Å². The number of hydrogen-bond acceptors (Lipinski definition) is 6. The van der Waals surface area contributed by atoms with E-state index in [2.05, 4.69) is 4.98 Å². The standard InChI is InChI=1S/C29H28Cl2N4O4/c1-29(2,3)34(4)28(37)26-23-15-39-25-11-24(38-5)21(17-6-16(14-36)12-32-13-17)10-22(25)27(23)35(33-26)20-8-18(30)7-19(31)9-20/h6-13,36H,14-15H2,1-5H3. The monoisotopic (exact) mass is 566 g/mol. The van der Waals surface area contributed by atoms with Gasteiger partial charge in [0, 0.05) is 63.3 Å². The molecule has 1 amide bonds. The minimum absolute atomic E-state index is 0.139. The first-order chi connectivity index (χ1) is 18.5. The second-order valence-electron chi connectivity index (χ2n) is 10.3. The molecule has 0 radical (unpaired) electrons. The second-order valence-corrected chi connectivity index (χ2v) is 11.2. The summed E-state index contributed by atoms with van der Waals surface area (Å²) >= 11 is 12.7. The van der Waals surface area contributed by atoms with Gasteiger partial charge in [0.05, 0.1) is 25.1 Å². The molecule has 2 aromatic carbocycles. The highest BCUT2D eigenvalue weighted by Gasteiger charge is 2.34. The number of aliphatic hydroxyl groups is 1. The number of carbonyl (C=O) groups excluding carboxylic acids is 1. The summed E-state index contributed by atoms with van der Waals surface area (Å²) in [7, 11) is 3.34. The van der Waals surface area contributed by atoms with Crippen LogP contribution in [-0.4, -0.2) is 50.4 Å². The number of halogens is 2. The highest BCUT2D eigenvalue weighted by Crippen LogP contribution is 2.46.